The number of carbonyl (C=O) groups is 1. The predicted octanol–water partition coefficient (Wildman–Crippen LogP) is 3.67. The molecule has 4 nitrogen and oxygen atoms in total. The van der Waals surface area contributed by atoms with Crippen LogP contribution < -0.4 is 9.47 Å². The summed E-state index contributed by atoms with van der Waals surface area (Å²) in [5.74, 6) is 1.66. The number of methoxy groups -OCH3 is 2. The van der Waals surface area contributed by atoms with E-state index in [-0.39, 0.29) is 11.8 Å². The lowest BCUT2D eigenvalue weighted by atomic mass is 9.93. The van der Waals surface area contributed by atoms with E-state index in [1.807, 2.05) is 25.1 Å². The molecule has 3 unspecified atom stereocenters. The third-order valence-corrected chi connectivity index (χ3v) is 4.86. The summed E-state index contributed by atoms with van der Waals surface area (Å²) in [5, 5.41) is 0. The second-order valence-corrected chi connectivity index (χ2v) is 6.67. The van der Waals surface area contributed by atoms with Crippen molar-refractivity contribution in [3.05, 3.63) is 23.8 Å². The molecule has 0 aliphatic carbocycles. The number of benzene rings is 1. The third-order valence-electron chi connectivity index (χ3n) is 4.86. The SMILES string of the molecule is COc1ccc(CC(C)C(=O)N2C(C)CCCC2C)cc1OC. The highest BCUT2D eigenvalue weighted by molar-refractivity contribution is 5.79. The van der Waals surface area contributed by atoms with Gasteiger partial charge in [0.05, 0.1) is 14.2 Å². The Bertz CT molecular complexity index is 533. The molecular formula is C19H29NO3. The van der Waals surface area contributed by atoms with Crippen LogP contribution in [0.5, 0.6) is 11.5 Å². The van der Waals surface area contributed by atoms with Crippen molar-refractivity contribution < 1.29 is 14.3 Å². The molecule has 1 fully saturated rings. The first-order valence-corrected chi connectivity index (χ1v) is 8.51. The molecule has 1 aromatic carbocycles. The highest BCUT2D eigenvalue weighted by atomic mass is 16.5. The fraction of sp³-hybridized carbons (Fsp3) is 0.632. The zero-order valence-corrected chi connectivity index (χ0v) is 15.0. The predicted molar refractivity (Wildman–Crippen MR) is 92.0 cm³/mol. The van der Waals surface area contributed by atoms with Crippen LogP contribution in [0.15, 0.2) is 18.2 Å². The molecule has 23 heavy (non-hydrogen) atoms. The number of rotatable bonds is 5. The van der Waals surface area contributed by atoms with Crippen molar-refractivity contribution in [3.8, 4) is 11.5 Å². The molecule has 1 amide bonds. The van der Waals surface area contributed by atoms with Crippen LogP contribution in [0.25, 0.3) is 0 Å². The van der Waals surface area contributed by atoms with Gasteiger partial charge in [0.15, 0.2) is 11.5 Å². The van der Waals surface area contributed by atoms with Crippen molar-refractivity contribution in [2.75, 3.05) is 14.2 Å². The fourth-order valence-corrected chi connectivity index (χ4v) is 3.56. The largest absolute Gasteiger partial charge is 0.493 e. The van der Waals surface area contributed by atoms with Crippen LogP contribution in [0.1, 0.15) is 45.6 Å². The summed E-state index contributed by atoms with van der Waals surface area (Å²) >= 11 is 0. The summed E-state index contributed by atoms with van der Waals surface area (Å²) < 4.78 is 10.6. The van der Waals surface area contributed by atoms with E-state index >= 15 is 0 Å². The van der Waals surface area contributed by atoms with E-state index in [1.165, 1.54) is 6.42 Å². The van der Waals surface area contributed by atoms with E-state index < -0.39 is 0 Å². The van der Waals surface area contributed by atoms with Crippen LogP contribution in [-0.4, -0.2) is 37.1 Å². The highest BCUT2D eigenvalue weighted by Gasteiger charge is 2.31. The number of amides is 1. The van der Waals surface area contributed by atoms with Gasteiger partial charge in [0.25, 0.3) is 0 Å². The van der Waals surface area contributed by atoms with Gasteiger partial charge in [-0.1, -0.05) is 13.0 Å². The molecule has 2 rings (SSSR count). The minimum Gasteiger partial charge on any atom is -0.493 e. The van der Waals surface area contributed by atoms with Gasteiger partial charge in [0.2, 0.25) is 5.91 Å². The molecule has 0 N–H and O–H groups in total. The Morgan fingerprint density at radius 3 is 2.35 bits per heavy atom. The first-order valence-electron chi connectivity index (χ1n) is 8.51. The summed E-state index contributed by atoms with van der Waals surface area (Å²) in [4.78, 5) is 15.0. The Kier molecular flexibility index (Phi) is 5.91. The maximum Gasteiger partial charge on any atom is 0.226 e. The van der Waals surface area contributed by atoms with Gasteiger partial charge in [-0.05, 0) is 57.2 Å². The molecule has 1 aliphatic rings. The minimum atomic E-state index is -0.0314. The van der Waals surface area contributed by atoms with Crippen LogP contribution in [0.3, 0.4) is 0 Å². The molecule has 0 bridgehead atoms. The summed E-state index contributed by atoms with van der Waals surface area (Å²) in [5.41, 5.74) is 1.10. The molecule has 1 aromatic rings. The topological polar surface area (TPSA) is 38.8 Å². The molecule has 0 radical (unpaired) electrons. The van der Waals surface area contributed by atoms with Gasteiger partial charge in [0.1, 0.15) is 0 Å². The number of piperidine rings is 1. The molecule has 1 saturated heterocycles. The van der Waals surface area contributed by atoms with Gasteiger partial charge in [-0.25, -0.2) is 0 Å². The van der Waals surface area contributed by atoms with Gasteiger partial charge < -0.3 is 14.4 Å². The number of nitrogens with zero attached hydrogens (tertiary/aromatic N) is 1. The van der Waals surface area contributed by atoms with E-state index in [0.29, 0.717) is 23.6 Å². The first-order chi connectivity index (χ1) is 11.0. The van der Waals surface area contributed by atoms with Crippen LogP contribution in [-0.2, 0) is 11.2 Å². The molecule has 1 aliphatic heterocycles. The lowest BCUT2D eigenvalue weighted by Crippen LogP contribution is -2.49. The van der Waals surface area contributed by atoms with E-state index in [0.717, 1.165) is 24.8 Å². The van der Waals surface area contributed by atoms with Gasteiger partial charge >= 0.3 is 0 Å². The highest BCUT2D eigenvalue weighted by Crippen LogP contribution is 2.30. The smallest absolute Gasteiger partial charge is 0.226 e. The van der Waals surface area contributed by atoms with Crippen molar-refractivity contribution >= 4 is 5.91 Å². The van der Waals surface area contributed by atoms with Gasteiger partial charge in [-0.15, -0.1) is 0 Å². The van der Waals surface area contributed by atoms with Crippen molar-refractivity contribution in [3.63, 3.8) is 0 Å². The third kappa shape index (κ3) is 3.98. The number of likely N-dealkylation sites (tertiary alicyclic amines) is 1. The van der Waals surface area contributed by atoms with E-state index in [2.05, 4.69) is 18.7 Å². The van der Waals surface area contributed by atoms with Crippen molar-refractivity contribution in [1.82, 2.24) is 4.90 Å². The van der Waals surface area contributed by atoms with Crippen molar-refractivity contribution in [2.24, 2.45) is 5.92 Å². The zero-order chi connectivity index (χ0) is 17.0. The summed E-state index contributed by atoms with van der Waals surface area (Å²) in [6.07, 6.45) is 4.16. The van der Waals surface area contributed by atoms with Crippen LogP contribution in [0.4, 0.5) is 0 Å². The number of hydrogen-bond donors (Lipinski definition) is 0. The maximum absolute atomic E-state index is 12.9. The van der Waals surface area contributed by atoms with Crippen molar-refractivity contribution in [2.45, 2.75) is 58.5 Å². The summed E-state index contributed by atoms with van der Waals surface area (Å²) in [6, 6.07) is 6.57. The van der Waals surface area contributed by atoms with Gasteiger partial charge in [-0.2, -0.15) is 0 Å². The monoisotopic (exact) mass is 319 g/mol. The summed E-state index contributed by atoms with van der Waals surface area (Å²) in [6.45, 7) is 6.35. The van der Waals surface area contributed by atoms with E-state index in [4.69, 9.17) is 9.47 Å². The Morgan fingerprint density at radius 1 is 1.17 bits per heavy atom. The molecule has 0 aromatic heterocycles. The van der Waals surface area contributed by atoms with Gasteiger partial charge in [0, 0.05) is 18.0 Å². The Balaban J connectivity index is 2.08. The maximum atomic E-state index is 12.9. The number of hydrogen-bond acceptors (Lipinski definition) is 3. The molecule has 3 atom stereocenters. The molecule has 4 heteroatoms. The molecular weight excluding hydrogens is 290 g/mol. The van der Waals surface area contributed by atoms with Gasteiger partial charge in [-0.3, -0.25) is 4.79 Å². The molecule has 0 saturated carbocycles. The van der Waals surface area contributed by atoms with Crippen LogP contribution in [0, 0.1) is 5.92 Å². The standard InChI is InChI=1S/C19H29NO3/c1-13(19(21)20-14(2)7-6-8-15(20)3)11-16-9-10-17(22-4)18(12-16)23-5/h9-10,12-15H,6-8,11H2,1-5H3. The quantitative estimate of drug-likeness (QED) is 0.831. The second kappa shape index (κ2) is 7.71. The normalized spacial score (nSPS) is 22.6. The van der Waals surface area contributed by atoms with E-state index in [1.54, 1.807) is 14.2 Å². The minimum absolute atomic E-state index is 0.0314. The lowest BCUT2D eigenvalue weighted by Gasteiger charge is -2.40. The Morgan fingerprint density at radius 2 is 1.78 bits per heavy atom. The second-order valence-electron chi connectivity index (χ2n) is 6.67. The lowest BCUT2D eigenvalue weighted by molar-refractivity contribution is -0.141. The average molecular weight is 319 g/mol. The summed E-state index contributed by atoms with van der Waals surface area (Å²) in [7, 11) is 3.26. The van der Waals surface area contributed by atoms with E-state index in [9.17, 15) is 4.79 Å². The fourth-order valence-electron chi connectivity index (χ4n) is 3.56. The van der Waals surface area contributed by atoms with Crippen molar-refractivity contribution in [1.29, 1.82) is 0 Å². The molecule has 1 heterocycles. The molecule has 128 valence electrons. The molecule has 0 spiro atoms. The van der Waals surface area contributed by atoms with Crippen LogP contribution >= 0.6 is 0 Å². The van der Waals surface area contributed by atoms with Crippen LogP contribution in [0.2, 0.25) is 0 Å². The average Bonchev–Trinajstić information content (AvgIpc) is 2.54. The zero-order valence-electron chi connectivity index (χ0n) is 15.0. The first kappa shape index (κ1) is 17.6. The Hall–Kier alpha value is -1.71. The number of ether oxygens (including phenoxy) is 2. The number of carbonyl (C=O) groups excluding carboxylic acids is 1. The Labute approximate surface area is 139 Å².